The average molecular weight is 115 g/mol. The monoisotopic (exact) mass is 115 g/mol. The van der Waals surface area contributed by atoms with Crippen molar-refractivity contribution in [2.75, 3.05) is 0 Å². The quantitative estimate of drug-likeness (QED) is 0.479. The van der Waals surface area contributed by atoms with Crippen molar-refractivity contribution in [3.63, 3.8) is 0 Å². The SMILES string of the molecule is CC(=O)CCC(=O)[O-]. The summed E-state index contributed by atoms with van der Waals surface area (Å²) in [4.78, 5) is 19.7. The van der Waals surface area contributed by atoms with Crippen molar-refractivity contribution < 1.29 is 14.7 Å². The van der Waals surface area contributed by atoms with E-state index in [9.17, 15) is 14.7 Å². The summed E-state index contributed by atoms with van der Waals surface area (Å²) in [6.07, 6.45) is -0.0718. The Balaban J connectivity index is 3.18. The maximum absolute atomic E-state index is 10.1. The van der Waals surface area contributed by atoms with Crippen LogP contribution < -0.4 is 5.11 Å². The van der Waals surface area contributed by atoms with Crippen LogP contribution in [0.15, 0.2) is 0 Å². The molecule has 0 aliphatic heterocycles. The lowest BCUT2D eigenvalue weighted by Crippen LogP contribution is -2.22. The Bertz CT molecular complexity index is 92.2. The first-order valence-corrected chi connectivity index (χ1v) is 2.32. The van der Waals surface area contributed by atoms with Gasteiger partial charge in [-0.15, -0.1) is 0 Å². The van der Waals surface area contributed by atoms with Crippen LogP contribution >= 0.6 is 0 Å². The highest BCUT2D eigenvalue weighted by molar-refractivity contribution is 5.79. The number of hydrogen-bond acceptors (Lipinski definition) is 3. The van der Waals surface area contributed by atoms with E-state index in [2.05, 4.69) is 0 Å². The number of carboxylic acids is 1. The van der Waals surface area contributed by atoms with Crippen molar-refractivity contribution in [3.8, 4) is 0 Å². The van der Waals surface area contributed by atoms with E-state index in [-0.39, 0.29) is 18.6 Å². The molecule has 0 atom stereocenters. The third-order valence-electron chi connectivity index (χ3n) is 0.681. The Labute approximate surface area is 47.3 Å². The number of Topliss-reactive ketones (excluding diaryl/α,β-unsaturated/α-hetero) is 1. The van der Waals surface area contributed by atoms with Gasteiger partial charge in [0.15, 0.2) is 0 Å². The molecule has 0 amide bonds. The number of carbonyl (C=O) groups excluding carboxylic acids is 2. The molecule has 0 rings (SSSR count). The number of rotatable bonds is 3. The Morgan fingerprint density at radius 3 is 2.00 bits per heavy atom. The van der Waals surface area contributed by atoms with Crippen LogP contribution in [0.1, 0.15) is 19.8 Å². The van der Waals surface area contributed by atoms with Gasteiger partial charge in [0.05, 0.1) is 0 Å². The van der Waals surface area contributed by atoms with Crippen molar-refractivity contribution in [3.05, 3.63) is 0 Å². The lowest BCUT2D eigenvalue weighted by atomic mass is 10.2. The Hall–Kier alpha value is -0.860. The topological polar surface area (TPSA) is 57.2 Å². The van der Waals surface area contributed by atoms with E-state index in [0.29, 0.717) is 0 Å². The molecule has 46 valence electrons. The fraction of sp³-hybridized carbons (Fsp3) is 0.600. The van der Waals surface area contributed by atoms with E-state index >= 15 is 0 Å². The van der Waals surface area contributed by atoms with E-state index in [1.165, 1.54) is 6.92 Å². The zero-order chi connectivity index (χ0) is 6.57. The molecule has 3 heteroatoms. The van der Waals surface area contributed by atoms with Gasteiger partial charge in [-0.05, 0) is 13.3 Å². The van der Waals surface area contributed by atoms with Gasteiger partial charge in [0, 0.05) is 12.4 Å². The Morgan fingerprint density at radius 2 is 1.88 bits per heavy atom. The van der Waals surface area contributed by atoms with Crippen molar-refractivity contribution in [2.24, 2.45) is 0 Å². The van der Waals surface area contributed by atoms with Crippen LogP contribution in [0.25, 0.3) is 0 Å². The third-order valence-corrected chi connectivity index (χ3v) is 0.681. The molecule has 0 saturated carbocycles. The lowest BCUT2D eigenvalue weighted by molar-refractivity contribution is -0.305. The highest BCUT2D eigenvalue weighted by atomic mass is 16.4. The van der Waals surface area contributed by atoms with Gasteiger partial charge in [-0.2, -0.15) is 0 Å². The van der Waals surface area contributed by atoms with Crippen LogP contribution in [0, 0.1) is 0 Å². The number of carbonyl (C=O) groups is 2. The molecule has 0 aromatic heterocycles. The van der Waals surface area contributed by atoms with Crippen molar-refractivity contribution >= 4 is 11.8 Å². The molecule has 0 fully saturated rings. The smallest absolute Gasteiger partial charge is 0.130 e. The number of carboxylic acid groups (broad SMARTS) is 1. The molecule has 0 aromatic carbocycles. The summed E-state index contributed by atoms with van der Waals surface area (Å²) in [5.74, 6) is -1.28. The fourth-order valence-corrected chi connectivity index (χ4v) is 0.278. The summed E-state index contributed by atoms with van der Waals surface area (Å²) in [6.45, 7) is 1.35. The highest BCUT2D eigenvalue weighted by Gasteiger charge is 1.90. The summed E-state index contributed by atoms with van der Waals surface area (Å²) in [7, 11) is 0. The van der Waals surface area contributed by atoms with E-state index in [0.717, 1.165) is 0 Å². The molecule has 0 heterocycles. The highest BCUT2D eigenvalue weighted by Crippen LogP contribution is 1.85. The molecular weight excluding hydrogens is 108 g/mol. The first kappa shape index (κ1) is 7.14. The second kappa shape index (κ2) is 3.18. The minimum atomic E-state index is -1.17. The molecule has 0 bridgehead atoms. The largest absolute Gasteiger partial charge is 0.550 e. The van der Waals surface area contributed by atoms with Crippen LogP contribution in [0.2, 0.25) is 0 Å². The van der Waals surface area contributed by atoms with Gasteiger partial charge in [-0.3, -0.25) is 0 Å². The van der Waals surface area contributed by atoms with Crippen LogP contribution in [-0.4, -0.2) is 11.8 Å². The maximum atomic E-state index is 10.1. The normalized spacial score (nSPS) is 8.62. The average Bonchev–Trinajstić information content (AvgIpc) is 1.61. The van der Waals surface area contributed by atoms with E-state index in [1.807, 2.05) is 0 Å². The van der Waals surface area contributed by atoms with Crippen molar-refractivity contribution in [1.29, 1.82) is 0 Å². The molecule has 0 aromatic rings. The second-order valence-corrected chi connectivity index (χ2v) is 1.57. The van der Waals surface area contributed by atoms with Crippen LogP contribution in [-0.2, 0) is 9.59 Å². The van der Waals surface area contributed by atoms with Crippen LogP contribution in [0.4, 0.5) is 0 Å². The molecule has 3 nitrogen and oxygen atoms in total. The van der Waals surface area contributed by atoms with Gasteiger partial charge in [0.25, 0.3) is 0 Å². The van der Waals surface area contributed by atoms with Gasteiger partial charge >= 0.3 is 0 Å². The zero-order valence-corrected chi connectivity index (χ0v) is 4.64. The van der Waals surface area contributed by atoms with Gasteiger partial charge in [-0.25, -0.2) is 0 Å². The first-order chi connectivity index (χ1) is 3.63. The molecule has 0 radical (unpaired) electrons. The van der Waals surface area contributed by atoms with Crippen molar-refractivity contribution in [2.45, 2.75) is 19.8 Å². The predicted octanol–water partition coefficient (Wildman–Crippen LogP) is -0.895. The van der Waals surface area contributed by atoms with E-state index in [1.54, 1.807) is 0 Å². The van der Waals surface area contributed by atoms with Crippen LogP contribution in [0.3, 0.4) is 0 Å². The molecule has 0 spiro atoms. The second-order valence-electron chi connectivity index (χ2n) is 1.57. The molecule has 8 heavy (non-hydrogen) atoms. The summed E-state index contributed by atoms with van der Waals surface area (Å²) >= 11 is 0. The van der Waals surface area contributed by atoms with Crippen LogP contribution in [0.5, 0.6) is 0 Å². The van der Waals surface area contributed by atoms with Gasteiger partial charge in [0.1, 0.15) is 5.78 Å². The molecule has 0 aliphatic rings. The maximum Gasteiger partial charge on any atom is 0.130 e. The van der Waals surface area contributed by atoms with Crippen molar-refractivity contribution in [1.82, 2.24) is 0 Å². The summed E-state index contributed by atoms with van der Waals surface area (Å²) < 4.78 is 0. The molecule has 0 N–H and O–H groups in total. The molecular formula is C5H7O3-. The molecule has 0 saturated heterocycles. The number of hydrogen-bond donors (Lipinski definition) is 0. The number of aliphatic carboxylic acids is 1. The van der Waals surface area contributed by atoms with Gasteiger partial charge < -0.3 is 14.7 Å². The molecule has 0 aliphatic carbocycles. The lowest BCUT2D eigenvalue weighted by Gasteiger charge is -1.95. The molecule has 0 unspecified atom stereocenters. The Kier molecular flexibility index (Phi) is 2.84. The van der Waals surface area contributed by atoms with E-state index < -0.39 is 5.97 Å². The first-order valence-electron chi connectivity index (χ1n) is 2.32. The summed E-state index contributed by atoms with van der Waals surface area (Å²) in [6, 6.07) is 0. The standard InChI is InChI=1S/C5H8O3/c1-4(6)2-3-5(7)8/h2-3H2,1H3,(H,7,8)/p-1. The fourth-order valence-electron chi connectivity index (χ4n) is 0.278. The zero-order valence-electron chi connectivity index (χ0n) is 4.64. The summed E-state index contributed by atoms with van der Waals surface area (Å²) in [5, 5.41) is 9.64. The van der Waals surface area contributed by atoms with Gasteiger partial charge in [-0.1, -0.05) is 0 Å². The number of ketones is 1. The van der Waals surface area contributed by atoms with E-state index in [4.69, 9.17) is 0 Å². The Morgan fingerprint density at radius 1 is 1.38 bits per heavy atom. The van der Waals surface area contributed by atoms with Gasteiger partial charge in [0.2, 0.25) is 0 Å². The minimum Gasteiger partial charge on any atom is -0.550 e. The third kappa shape index (κ3) is 5.14. The predicted molar refractivity (Wildman–Crippen MR) is 24.9 cm³/mol. The summed E-state index contributed by atoms with van der Waals surface area (Å²) in [5.41, 5.74) is 0. The minimum absolute atomic E-state index is 0.0856.